The van der Waals surface area contributed by atoms with Crippen molar-refractivity contribution in [3.63, 3.8) is 0 Å². The summed E-state index contributed by atoms with van der Waals surface area (Å²) in [6, 6.07) is 7.23. The average Bonchev–Trinajstić information content (AvgIpc) is 2.28. The zero-order chi connectivity index (χ0) is 11.5. The summed E-state index contributed by atoms with van der Waals surface area (Å²) in [5.74, 6) is -1.12. The van der Waals surface area contributed by atoms with Crippen molar-refractivity contribution in [1.82, 2.24) is 4.98 Å². The number of fused-ring (bicyclic) bond motifs is 1. The molecule has 1 aromatic heterocycles. The van der Waals surface area contributed by atoms with E-state index in [0.29, 0.717) is 17.3 Å². The molecule has 0 aliphatic heterocycles. The molecule has 82 valence electrons. The number of aryl methyl sites for hydroxylation is 1. The smallest absolute Gasteiger partial charge is 0.545 e. The number of hydrogen-bond acceptors (Lipinski definition) is 3. The molecule has 0 aliphatic rings. The van der Waals surface area contributed by atoms with E-state index >= 15 is 0 Å². The summed E-state index contributed by atoms with van der Waals surface area (Å²) in [4.78, 5) is 15.4. The third-order valence-corrected chi connectivity index (χ3v) is 2.58. The number of aromatic nitrogens is 1. The molecule has 0 atom stereocenters. The van der Waals surface area contributed by atoms with Crippen molar-refractivity contribution in [2.24, 2.45) is 0 Å². The van der Waals surface area contributed by atoms with Gasteiger partial charge in [-0.25, -0.2) is 0 Å². The second-order valence-corrected chi connectivity index (χ2v) is 3.71. The largest absolute Gasteiger partial charge is 1.00 e. The van der Waals surface area contributed by atoms with Gasteiger partial charge in [0.15, 0.2) is 0 Å². The average molecular weight is 253 g/mol. The number of rotatable bonds is 3. The van der Waals surface area contributed by atoms with E-state index < -0.39 is 5.97 Å². The molecule has 0 fully saturated rings. The van der Waals surface area contributed by atoms with Crippen molar-refractivity contribution < 1.29 is 61.3 Å². The van der Waals surface area contributed by atoms with Crippen LogP contribution in [-0.4, -0.2) is 11.0 Å². The molecule has 0 N–H and O–H groups in total. The van der Waals surface area contributed by atoms with Crippen molar-refractivity contribution in [2.45, 2.75) is 19.8 Å². The van der Waals surface area contributed by atoms with Crippen LogP contribution >= 0.6 is 0 Å². The van der Waals surface area contributed by atoms with Crippen LogP contribution in [0, 0.1) is 0 Å². The summed E-state index contributed by atoms with van der Waals surface area (Å²) in [6.45, 7) is 2.01. The molecule has 0 saturated heterocycles. The Bertz CT molecular complexity index is 540. The van der Waals surface area contributed by atoms with Crippen molar-refractivity contribution >= 4 is 16.9 Å². The Morgan fingerprint density at radius 3 is 2.71 bits per heavy atom. The molecule has 17 heavy (non-hydrogen) atoms. The number of nitrogens with zero attached hydrogens (tertiary/aromatic N) is 1. The minimum absolute atomic E-state index is 0. The standard InChI is InChI=1S/C13H13NO2.K/c1-2-5-9-8-14-11-7-4-3-6-10(11)12(9)13(15)16;/h3-4,6-8H,2,5H2,1H3,(H,15,16);/q;+1/p-1. The van der Waals surface area contributed by atoms with E-state index in [1.54, 1.807) is 18.3 Å². The van der Waals surface area contributed by atoms with E-state index in [1.807, 2.05) is 19.1 Å². The molecule has 2 rings (SSSR count). The van der Waals surface area contributed by atoms with E-state index in [2.05, 4.69) is 4.98 Å². The number of carbonyl (C=O) groups is 1. The number of carboxylic acid groups (broad SMARTS) is 1. The van der Waals surface area contributed by atoms with Gasteiger partial charge in [-0.1, -0.05) is 31.5 Å². The zero-order valence-electron chi connectivity index (χ0n) is 10.1. The Morgan fingerprint density at radius 1 is 1.35 bits per heavy atom. The molecule has 0 aliphatic carbocycles. The molecular weight excluding hydrogens is 241 g/mol. The van der Waals surface area contributed by atoms with Crippen LogP contribution < -0.4 is 56.5 Å². The van der Waals surface area contributed by atoms with E-state index in [0.717, 1.165) is 12.0 Å². The Labute approximate surface area is 143 Å². The predicted molar refractivity (Wildman–Crippen MR) is 60.1 cm³/mol. The third kappa shape index (κ3) is 3.14. The second-order valence-electron chi connectivity index (χ2n) is 3.71. The van der Waals surface area contributed by atoms with E-state index in [4.69, 9.17) is 0 Å². The molecule has 4 heteroatoms. The van der Waals surface area contributed by atoms with Gasteiger partial charge in [-0.15, -0.1) is 0 Å². The van der Waals surface area contributed by atoms with Gasteiger partial charge in [0.1, 0.15) is 0 Å². The molecule has 0 radical (unpaired) electrons. The topological polar surface area (TPSA) is 53.0 Å². The summed E-state index contributed by atoms with van der Waals surface area (Å²) in [7, 11) is 0. The summed E-state index contributed by atoms with van der Waals surface area (Å²) < 4.78 is 0. The van der Waals surface area contributed by atoms with Crippen LogP contribution in [0.5, 0.6) is 0 Å². The molecule has 0 amide bonds. The van der Waals surface area contributed by atoms with Crippen LogP contribution in [0.2, 0.25) is 0 Å². The molecule has 3 nitrogen and oxygen atoms in total. The Morgan fingerprint density at radius 2 is 2.06 bits per heavy atom. The number of carboxylic acids is 1. The molecule has 1 heterocycles. The van der Waals surface area contributed by atoms with Gasteiger partial charge in [-0.05, 0) is 18.1 Å². The maximum atomic E-state index is 11.2. The first-order valence-electron chi connectivity index (χ1n) is 5.32. The number of aromatic carboxylic acids is 1. The molecule has 0 unspecified atom stereocenters. The Kier molecular flexibility index (Phi) is 5.75. The Hall–Kier alpha value is -0.264. The summed E-state index contributed by atoms with van der Waals surface area (Å²) in [5.41, 5.74) is 1.73. The van der Waals surface area contributed by atoms with Crippen LogP contribution in [0.4, 0.5) is 0 Å². The van der Waals surface area contributed by atoms with E-state index in [-0.39, 0.29) is 56.9 Å². The minimum Gasteiger partial charge on any atom is -0.545 e. The fraction of sp³-hybridized carbons (Fsp3) is 0.231. The first kappa shape index (κ1) is 14.8. The normalized spacial score (nSPS) is 9.94. The SMILES string of the molecule is CCCc1cnc2ccccc2c1C(=O)[O-].[K+]. The quantitative estimate of drug-likeness (QED) is 0.629. The number of pyridine rings is 1. The summed E-state index contributed by atoms with van der Waals surface area (Å²) >= 11 is 0. The molecule has 1 aromatic carbocycles. The van der Waals surface area contributed by atoms with Crippen LogP contribution in [-0.2, 0) is 6.42 Å². The Balaban J connectivity index is 0.00000144. The van der Waals surface area contributed by atoms with Crippen LogP contribution in [0.15, 0.2) is 30.5 Å². The summed E-state index contributed by atoms with van der Waals surface area (Å²) in [6.07, 6.45) is 3.23. The van der Waals surface area contributed by atoms with E-state index in [9.17, 15) is 9.90 Å². The fourth-order valence-corrected chi connectivity index (χ4v) is 1.88. The summed E-state index contributed by atoms with van der Waals surface area (Å²) in [5, 5.41) is 11.8. The molecule has 0 spiro atoms. The monoisotopic (exact) mass is 253 g/mol. The predicted octanol–water partition coefficient (Wildman–Crippen LogP) is -1.45. The first-order chi connectivity index (χ1) is 7.74. The van der Waals surface area contributed by atoms with Crippen LogP contribution in [0.3, 0.4) is 0 Å². The number of carbonyl (C=O) groups excluding carboxylic acids is 1. The van der Waals surface area contributed by atoms with Gasteiger partial charge in [0, 0.05) is 17.1 Å². The molecule has 0 bridgehead atoms. The third-order valence-electron chi connectivity index (χ3n) is 2.58. The van der Waals surface area contributed by atoms with Crippen LogP contribution in [0.25, 0.3) is 10.9 Å². The molecule has 0 saturated carbocycles. The molecular formula is C13H12KNO2. The van der Waals surface area contributed by atoms with Gasteiger partial charge in [0.25, 0.3) is 0 Å². The van der Waals surface area contributed by atoms with Gasteiger partial charge < -0.3 is 9.90 Å². The maximum Gasteiger partial charge on any atom is 1.00 e. The van der Waals surface area contributed by atoms with Crippen molar-refractivity contribution in [2.75, 3.05) is 0 Å². The van der Waals surface area contributed by atoms with Crippen molar-refractivity contribution in [3.05, 3.63) is 41.6 Å². The van der Waals surface area contributed by atoms with Crippen molar-refractivity contribution in [1.29, 1.82) is 0 Å². The molecule has 2 aromatic rings. The minimum atomic E-state index is -1.12. The van der Waals surface area contributed by atoms with Crippen LogP contribution in [0.1, 0.15) is 29.3 Å². The number of hydrogen-bond donors (Lipinski definition) is 0. The fourth-order valence-electron chi connectivity index (χ4n) is 1.88. The second kappa shape index (κ2) is 6.61. The zero-order valence-corrected chi connectivity index (χ0v) is 13.2. The first-order valence-corrected chi connectivity index (χ1v) is 5.32. The number of benzene rings is 1. The van der Waals surface area contributed by atoms with Gasteiger partial charge in [0.2, 0.25) is 0 Å². The van der Waals surface area contributed by atoms with E-state index in [1.165, 1.54) is 0 Å². The van der Waals surface area contributed by atoms with Crippen molar-refractivity contribution in [3.8, 4) is 0 Å². The van der Waals surface area contributed by atoms with Gasteiger partial charge in [-0.2, -0.15) is 0 Å². The van der Waals surface area contributed by atoms with Gasteiger partial charge in [-0.3, -0.25) is 4.98 Å². The van der Waals surface area contributed by atoms with Gasteiger partial charge >= 0.3 is 51.4 Å². The number of para-hydroxylation sites is 1. The van der Waals surface area contributed by atoms with Gasteiger partial charge in [0.05, 0.1) is 11.5 Å². The maximum absolute atomic E-state index is 11.2.